The number of ether oxygens (including phenoxy) is 2. The zero-order valence-corrected chi connectivity index (χ0v) is 19.4. The largest absolute Gasteiger partial charge is 0.462 e. The van der Waals surface area contributed by atoms with E-state index in [-0.39, 0.29) is 59.4 Å². The van der Waals surface area contributed by atoms with Crippen molar-refractivity contribution in [3.63, 3.8) is 0 Å². The molecule has 0 unspecified atom stereocenters. The van der Waals surface area contributed by atoms with Gasteiger partial charge in [0.15, 0.2) is 0 Å². The zero-order valence-electron chi connectivity index (χ0n) is 17.7. The number of aliphatic hydroxyl groups is 1. The van der Waals surface area contributed by atoms with Crippen molar-refractivity contribution in [2.24, 2.45) is 23.7 Å². The average molecular weight is 471 g/mol. The molecule has 1 heterocycles. The summed E-state index contributed by atoms with van der Waals surface area (Å²) >= 11 is 0. The van der Waals surface area contributed by atoms with Crippen LogP contribution in [0.25, 0.3) is 0 Å². The first-order valence-electron chi connectivity index (χ1n) is 10.8. The Hall–Kier alpha value is -1.14. The topological polar surface area (TPSA) is 72.8 Å². The van der Waals surface area contributed by atoms with Crippen molar-refractivity contribution in [2.45, 2.75) is 84.0 Å². The predicted octanol–water partition coefficient (Wildman–Crippen LogP) is 4.53. The molecule has 0 bridgehead atoms. The minimum atomic E-state index is -0.593. The van der Waals surface area contributed by atoms with Crippen LogP contribution in [0.5, 0.6) is 0 Å². The number of hydrogen-bond donors (Lipinski definition) is 1. The quantitative estimate of drug-likeness (QED) is 0.577. The van der Waals surface area contributed by atoms with Crippen LogP contribution in [0.3, 0.4) is 0 Å². The van der Waals surface area contributed by atoms with Gasteiger partial charge in [0.2, 0.25) is 0 Å². The smallest absolute Gasteiger partial charge is 0.308 e. The molecule has 2 aliphatic carbocycles. The SMILES string of the molecule is Br.CC[C@H](C)C(=O)O[C@H]1CCC=C2C=C[C@H](C)[C@H](CC[C@@H]3C[C@@H](O)CC(=O)O3)[C@H]21. The van der Waals surface area contributed by atoms with Gasteiger partial charge in [-0.2, -0.15) is 0 Å². The van der Waals surface area contributed by atoms with Crippen LogP contribution in [-0.2, 0) is 19.1 Å². The Morgan fingerprint density at radius 2 is 2.14 bits per heavy atom. The summed E-state index contributed by atoms with van der Waals surface area (Å²) in [4.78, 5) is 24.1. The first kappa shape index (κ1) is 24.1. The van der Waals surface area contributed by atoms with Crippen LogP contribution in [0.2, 0.25) is 0 Å². The highest BCUT2D eigenvalue weighted by molar-refractivity contribution is 8.93. The Balaban J connectivity index is 0.00000300. The maximum atomic E-state index is 12.4. The zero-order chi connectivity index (χ0) is 20.3. The van der Waals surface area contributed by atoms with E-state index in [9.17, 15) is 14.7 Å². The molecule has 0 radical (unpaired) electrons. The van der Waals surface area contributed by atoms with E-state index in [1.54, 1.807) is 0 Å². The minimum Gasteiger partial charge on any atom is -0.462 e. The lowest BCUT2D eigenvalue weighted by atomic mass is 9.66. The van der Waals surface area contributed by atoms with E-state index in [1.165, 1.54) is 5.57 Å². The molecule has 29 heavy (non-hydrogen) atoms. The third-order valence-electron chi connectivity index (χ3n) is 6.69. The molecule has 1 fully saturated rings. The van der Waals surface area contributed by atoms with E-state index < -0.39 is 6.10 Å². The average Bonchev–Trinajstić information content (AvgIpc) is 2.66. The fourth-order valence-electron chi connectivity index (χ4n) is 4.80. The van der Waals surface area contributed by atoms with Crippen molar-refractivity contribution in [1.29, 1.82) is 0 Å². The van der Waals surface area contributed by atoms with E-state index in [2.05, 4.69) is 25.2 Å². The van der Waals surface area contributed by atoms with Crippen molar-refractivity contribution in [3.05, 3.63) is 23.8 Å². The normalized spacial score (nSPS) is 34.9. The van der Waals surface area contributed by atoms with Crippen LogP contribution >= 0.6 is 17.0 Å². The molecule has 5 nitrogen and oxygen atoms in total. The Kier molecular flexibility index (Phi) is 8.95. The van der Waals surface area contributed by atoms with Gasteiger partial charge in [0, 0.05) is 12.3 Å². The predicted molar refractivity (Wildman–Crippen MR) is 117 cm³/mol. The van der Waals surface area contributed by atoms with Crippen LogP contribution < -0.4 is 0 Å². The fourth-order valence-corrected chi connectivity index (χ4v) is 4.80. The number of halogens is 1. The summed E-state index contributed by atoms with van der Waals surface area (Å²) in [6.45, 7) is 6.14. The number of allylic oxidation sites excluding steroid dienone is 3. The number of rotatable bonds is 6. The fraction of sp³-hybridized carbons (Fsp3) is 0.739. The third-order valence-corrected chi connectivity index (χ3v) is 6.69. The van der Waals surface area contributed by atoms with Gasteiger partial charge in [-0.15, -0.1) is 17.0 Å². The van der Waals surface area contributed by atoms with E-state index in [0.717, 1.165) is 32.1 Å². The van der Waals surface area contributed by atoms with E-state index >= 15 is 0 Å². The van der Waals surface area contributed by atoms with Crippen LogP contribution in [-0.4, -0.2) is 35.4 Å². The molecule has 1 saturated heterocycles. The van der Waals surface area contributed by atoms with E-state index in [1.807, 2.05) is 13.8 Å². The molecular weight excluding hydrogens is 436 g/mol. The first-order chi connectivity index (χ1) is 13.4. The van der Waals surface area contributed by atoms with Gasteiger partial charge in [-0.3, -0.25) is 9.59 Å². The molecule has 0 aromatic rings. The first-order valence-corrected chi connectivity index (χ1v) is 10.8. The summed E-state index contributed by atoms with van der Waals surface area (Å²) in [5, 5.41) is 9.86. The minimum absolute atomic E-state index is 0. The molecule has 0 aromatic heterocycles. The maximum absolute atomic E-state index is 12.4. The molecule has 0 amide bonds. The van der Waals surface area contributed by atoms with Crippen molar-refractivity contribution in [1.82, 2.24) is 0 Å². The number of fused-ring (bicyclic) bond motifs is 1. The molecule has 1 aliphatic heterocycles. The summed E-state index contributed by atoms with van der Waals surface area (Å²) < 4.78 is 11.4. The van der Waals surface area contributed by atoms with E-state index in [0.29, 0.717) is 18.3 Å². The molecule has 0 spiro atoms. The molecule has 1 N–H and O–H groups in total. The van der Waals surface area contributed by atoms with Gasteiger partial charge >= 0.3 is 11.9 Å². The van der Waals surface area contributed by atoms with Gasteiger partial charge in [-0.05, 0) is 49.5 Å². The van der Waals surface area contributed by atoms with Gasteiger partial charge in [0.05, 0.1) is 18.4 Å². The lowest BCUT2D eigenvalue weighted by Gasteiger charge is -2.42. The summed E-state index contributed by atoms with van der Waals surface area (Å²) in [6.07, 6.45) is 10.6. The monoisotopic (exact) mass is 470 g/mol. The van der Waals surface area contributed by atoms with Crippen molar-refractivity contribution in [3.8, 4) is 0 Å². The summed E-state index contributed by atoms with van der Waals surface area (Å²) in [5.41, 5.74) is 1.27. The van der Waals surface area contributed by atoms with Gasteiger partial charge in [-0.1, -0.05) is 39.0 Å². The van der Waals surface area contributed by atoms with Crippen LogP contribution in [0.15, 0.2) is 23.8 Å². The summed E-state index contributed by atoms with van der Waals surface area (Å²) in [7, 11) is 0. The van der Waals surface area contributed by atoms with Gasteiger partial charge < -0.3 is 14.6 Å². The summed E-state index contributed by atoms with van der Waals surface area (Å²) in [5.74, 6) is 0.426. The highest BCUT2D eigenvalue weighted by Crippen LogP contribution is 2.44. The van der Waals surface area contributed by atoms with Gasteiger partial charge in [-0.25, -0.2) is 0 Å². The molecule has 7 atom stereocenters. The standard InChI is InChI=1S/C23H34O5.BrH/c1-4-14(2)23(26)28-20-7-5-6-16-9-8-15(3)19(22(16)20)11-10-18-12-17(24)13-21(25)27-18;/h6,8-9,14-15,17-20,22,24H,4-5,7,10-13H2,1-3H3;1H/t14-,15-,17+,18+,19-,20-,22-;/m0./s1. The second-order valence-electron chi connectivity index (χ2n) is 8.76. The Bertz CT molecular complexity index is 643. The molecule has 0 aromatic carbocycles. The molecule has 164 valence electrons. The number of carbonyl (C=O) groups excluding carboxylic acids is 2. The number of hydrogen-bond acceptors (Lipinski definition) is 5. The van der Waals surface area contributed by atoms with Gasteiger partial charge in [0.25, 0.3) is 0 Å². The number of cyclic esters (lactones) is 1. The Morgan fingerprint density at radius 3 is 2.83 bits per heavy atom. The molecule has 6 heteroatoms. The van der Waals surface area contributed by atoms with Gasteiger partial charge in [0.1, 0.15) is 12.2 Å². The molecule has 3 aliphatic rings. The van der Waals surface area contributed by atoms with Crippen molar-refractivity contribution < 1.29 is 24.2 Å². The maximum Gasteiger partial charge on any atom is 0.308 e. The van der Waals surface area contributed by atoms with Crippen molar-refractivity contribution in [2.75, 3.05) is 0 Å². The van der Waals surface area contributed by atoms with Crippen LogP contribution in [0.1, 0.15) is 65.7 Å². The highest BCUT2D eigenvalue weighted by Gasteiger charge is 2.40. The molecule has 3 rings (SSSR count). The third kappa shape index (κ3) is 5.94. The molecular formula is C23H35BrO5. The lowest BCUT2D eigenvalue weighted by Crippen LogP contribution is -2.40. The van der Waals surface area contributed by atoms with Crippen molar-refractivity contribution >= 4 is 28.9 Å². The number of aliphatic hydroxyl groups excluding tert-OH is 1. The Morgan fingerprint density at radius 1 is 1.38 bits per heavy atom. The second kappa shape index (κ2) is 10.8. The van der Waals surface area contributed by atoms with Crippen LogP contribution in [0, 0.1) is 23.7 Å². The number of esters is 2. The lowest BCUT2D eigenvalue weighted by molar-refractivity contribution is -0.162. The Labute approximate surface area is 184 Å². The van der Waals surface area contributed by atoms with E-state index in [4.69, 9.17) is 9.47 Å². The summed E-state index contributed by atoms with van der Waals surface area (Å²) in [6, 6.07) is 0. The molecule has 0 saturated carbocycles. The van der Waals surface area contributed by atoms with Crippen LogP contribution in [0.4, 0.5) is 0 Å². The number of carbonyl (C=O) groups is 2. The highest BCUT2D eigenvalue weighted by atomic mass is 79.9. The second-order valence-corrected chi connectivity index (χ2v) is 8.76.